The molecule has 3 rings (SSSR count). The Hall–Kier alpha value is -2.63. The summed E-state index contributed by atoms with van der Waals surface area (Å²) >= 11 is 0. The molecule has 0 N–H and O–H groups in total. The van der Waals surface area contributed by atoms with Crippen LogP contribution in [-0.2, 0) is 35.6 Å². The van der Waals surface area contributed by atoms with Crippen molar-refractivity contribution in [1.29, 1.82) is 0 Å². The summed E-state index contributed by atoms with van der Waals surface area (Å²) in [6.45, 7) is 2.02. The van der Waals surface area contributed by atoms with Gasteiger partial charge in [-0.25, -0.2) is 13.2 Å². The second-order valence-electron chi connectivity index (χ2n) is 7.65. The van der Waals surface area contributed by atoms with Gasteiger partial charge >= 0.3 is 18.1 Å². The van der Waals surface area contributed by atoms with Gasteiger partial charge in [0.2, 0.25) is 20.7 Å². The third-order valence-corrected chi connectivity index (χ3v) is 8.67. The molecule has 0 aromatic heterocycles. The summed E-state index contributed by atoms with van der Waals surface area (Å²) in [6.07, 6.45) is -6.24. The average molecular weight is 448 g/mol. The van der Waals surface area contributed by atoms with Crippen molar-refractivity contribution in [2.75, 3.05) is 7.05 Å². The maximum Gasteiger partial charge on any atom is 0.471 e. The molecule has 2 aliphatic rings. The average Bonchev–Trinajstić information content (AvgIpc) is 2.77. The fourth-order valence-electron chi connectivity index (χ4n) is 3.93. The minimum Gasteiger partial charge on any atom is -0.459 e. The number of alkyl halides is 3. The monoisotopic (exact) mass is 448 g/mol. The second kappa shape index (κ2) is 6.69. The number of β-lactam (4-membered cyclic amide) rings is 1. The number of esters is 1. The van der Waals surface area contributed by atoms with Crippen LogP contribution in [0.1, 0.15) is 25.8 Å². The molecular weight excluding hydrogens is 429 g/mol. The Morgan fingerprint density at radius 1 is 1.23 bits per heavy atom. The van der Waals surface area contributed by atoms with Crippen molar-refractivity contribution < 1.29 is 40.7 Å². The molecule has 2 fully saturated rings. The van der Waals surface area contributed by atoms with Gasteiger partial charge in [-0.05, 0) is 19.4 Å². The number of nitrogens with zero attached hydrogens (tertiary/aromatic N) is 2. The minimum atomic E-state index is -5.36. The fourth-order valence-corrected chi connectivity index (χ4v) is 6.49. The van der Waals surface area contributed by atoms with E-state index in [0.717, 1.165) is 13.8 Å². The van der Waals surface area contributed by atoms with Crippen LogP contribution in [0.3, 0.4) is 0 Å². The zero-order chi connectivity index (χ0) is 22.7. The third-order valence-electron chi connectivity index (χ3n) is 5.58. The van der Waals surface area contributed by atoms with Crippen molar-refractivity contribution in [3.05, 3.63) is 35.9 Å². The van der Waals surface area contributed by atoms with E-state index in [9.17, 15) is 36.0 Å². The topological polar surface area (TPSA) is 101 Å². The zero-order valence-electron chi connectivity index (χ0n) is 16.3. The summed E-state index contributed by atoms with van der Waals surface area (Å²) in [4.78, 5) is 34.8. The van der Waals surface area contributed by atoms with Crippen LogP contribution >= 0.6 is 0 Å². The largest absolute Gasteiger partial charge is 0.471 e. The standard InChI is InChI=1S/C18H19F3N2O6S/c1-16(2)13(14(25)29-10-11-7-5-4-6-8-11)23-12(24)9-17(23,30(16,27)28)22(3)15(26)18(19,20)21/h4-8,13H,9-10H2,1-3H3/t13-,17?/m0/s1. The first-order valence-electron chi connectivity index (χ1n) is 8.81. The van der Waals surface area contributed by atoms with Gasteiger partial charge in [-0.2, -0.15) is 13.2 Å². The lowest BCUT2D eigenvalue weighted by atomic mass is 9.95. The number of carbonyl (C=O) groups is 3. The highest BCUT2D eigenvalue weighted by Crippen LogP contribution is 2.55. The first-order valence-corrected chi connectivity index (χ1v) is 10.3. The lowest BCUT2D eigenvalue weighted by Crippen LogP contribution is -2.74. The van der Waals surface area contributed by atoms with Gasteiger partial charge in [0, 0.05) is 7.05 Å². The molecule has 0 bridgehead atoms. The molecule has 30 heavy (non-hydrogen) atoms. The lowest BCUT2D eigenvalue weighted by molar-refractivity contribution is -0.202. The van der Waals surface area contributed by atoms with Crippen LogP contribution in [0, 0.1) is 0 Å². The summed E-state index contributed by atoms with van der Waals surface area (Å²) in [7, 11) is -3.98. The number of amides is 2. The molecule has 0 spiro atoms. The first-order chi connectivity index (χ1) is 13.7. The number of hydrogen-bond donors (Lipinski definition) is 0. The van der Waals surface area contributed by atoms with E-state index < -0.39 is 56.0 Å². The van der Waals surface area contributed by atoms with Gasteiger partial charge in [0.05, 0.1) is 6.42 Å². The summed E-state index contributed by atoms with van der Waals surface area (Å²) in [5.74, 6) is -4.39. The molecule has 0 saturated carbocycles. The maximum atomic E-state index is 13.2. The minimum absolute atomic E-state index is 0.0179. The zero-order valence-corrected chi connectivity index (χ0v) is 17.1. The predicted octanol–water partition coefficient (Wildman–Crippen LogP) is 1.21. The molecule has 8 nitrogen and oxygen atoms in total. The Kier molecular flexibility index (Phi) is 4.92. The summed E-state index contributed by atoms with van der Waals surface area (Å²) in [6, 6.07) is 6.70. The van der Waals surface area contributed by atoms with Crippen molar-refractivity contribution in [3.63, 3.8) is 0 Å². The number of benzene rings is 1. The summed E-state index contributed by atoms with van der Waals surface area (Å²) < 4.78 is 68.7. The quantitative estimate of drug-likeness (QED) is 0.507. The molecule has 2 aliphatic heterocycles. The van der Waals surface area contributed by atoms with Crippen LogP contribution in [0.5, 0.6) is 0 Å². The van der Waals surface area contributed by atoms with E-state index in [1.807, 2.05) is 0 Å². The van der Waals surface area contributed by atoms with Gasteiger partial charge < -0.3 is 9.64 Å². The number of fused-ring (bicyclic) bond motifs is 1. The molecule has 12 heteroatoms. The molecule has 164 valence electrons. The number of halogens is 3. The Bertz CT molecular complexity index is 1010. The Morgan fingerprint density at radius 3 is 2.30 bits per heavy atom. The fraction of sp³-hybridized carbons (Fsp3) is 0.500. The van der Waals surface area contributed by atoms with Gasteiger partial charge in [0.15, 0.2) is 6.04 Å². The summed E-state index contributed by atoms with van der Waals surface area (Å²) in [5.41, 5.74) is 0.593. The van der Waals surface area contributed by atoms with Gasteiger partial charge in [-0.15, -0.1) is 0 Å². The highest BCUT2D eigenvalue weighted by molar-refractivity contribution is 7.94. The van der Waals surface area contributed by atoms with Crippen LogP contribution in [0.15, 0.2) is 30.3 Å². The summed E-state index contributed by atoms with van der Waals surface area (Å²) in [5, 5.41) is 0. The number of rotatable bonds is 4. The number of carbonyl (C=O) groups excluding carboxylic acids is 3. The van der Waals surface area contributed by atoms with Crippen molar-refractivity contribution in [1.82, 2.24) is 9.80 Å². The van der Waals surface area contributed by atoms with Gasteiger partial charge in [0.1, 0.15) is 11.4 Å². The predicted molar refractivity (Wildman–Crippen MR) is 96.0 cm³/mol. The SMILES string of the molecule is CN(C(=O)C(F)(F)F)C12CC(=O)N1[C@@H](C(=O)OCc1ccccc1)C(C)(C)S2(=O)=O. The number of hydrogen-bond acceptors (Lipinski definition) is 6. The van der Waals surface area contributed by atoms with Crippen molar-refractivity contribution in [2.45, 2.75) is 48.8 Å². The molecule has 2 atom stereocenters. The van der Waals surface area contributed by atoms with Crippen LogP contribution < -0.4 is 0 Å². The maximum absolute atomic E-state index is 13.2. The van der Waals surface area contributed by atoms with E-state index in [-0.39, 0.29) is 11.5 Å². The molecule has 1 aromatic carbocycles. The van der Waals surface area contributed by atoms with Crippen LogP contribution in [-0.4, -0.2) is 65.0 Å². The molecule has 0 aliphatic carbocycles. The van der Waals surface area contributed by atoms with Crippen LogP contribution in [0.25, 0.3) is 0 Å². The van der Waals surface area contributed by atoms with E-state index in [0.29, 0.717) is 17.5 Å². The van der Waals surface area contributed by atoms with Gasteiger partial charge in [-0.3, -0.25) is 14.5 Å². The molecule has 1 aromatic rings. The molecule has 2 saturated heterocycles. The molecule has 2 amide bonds. The van der Waals surface area contributed by atoms with Crippen molar-refractivity contribution >= 4 is 27.6 Å². The van der Waals surface area contributed by atoms with E-state index in [1.165, 1.54) is 0 Å². The molecule has 0 radical (unpaired) electrons. The van der Waals surface area contributed by atoms with E-state index >= 15 is 0 Å². The third kappa shape index (κ3) is 2.80. The Balaban J connectivity index is 1.99. The Labute approximate surface area is 170 Å². The van der Waals surface area contributed by atoms with Crippen LogP contribution in [0.2, 0.25) is 0 Å². The number of sulfone groups is 1. The number of ether oxygens (including phenoxy) is 1. The Morgan fingerprint density at radius 2 is 1.80 bits per heavy atom. The van der Waals surface area contributed by atoms with Crippen LogP contribution in [0.4, 0.5) is 13.2 Å². The second-order valence-corrected chi connectivity index (χ2v) is 10.4. The van der Waals surface area contributed by atoms with E-state index in [1.54, 1.807) is 30.3 Å². The lowest BCUT2D eigenvalue weighted by Gasteiger charge is -2.51. The molecule has 1 unspecified atom stereocenters. The van der Waals surface area contributed by atoms with Gasteiger partial charge in [0.25, 0.3) is 0 Å². The normalized spacial score (nSPS) is 26.5. The van der Waals surface area contributed by atoms with Crippen molar-refractivity contribution in [2.24, 2.45) is 0 Å². The first kappa shape index (κ1) is 22.1. The van der Waals surface area contributed by atoms with E-state index in [4.69, 9.17) is 4.74 Å². The van der Waals surface area contributed by atoms with Gasteiger partial charge in [-0.1, -0.05) is 30.3 Å². The molecular formula is C18H19F3N2O6S. The highest BCUT2D eigenvalue weighted by Gasteiger charge is 2.80. The smallest absolute Gasteiger partial charge is 0.459 e. The molecule has 2 heterocycles. The van der Waals surface area contributed by atoms with Crippen molar-refractivity contribution in [3.8, 4) is 0 Å². The van der Waals surface area contributed by atoms with E-state index in [2.05, 4.69) is 0 Å². The highest BCUT2D eigenvalue weighted by atomic mass is 32.2.